The lowest BCUT2D eigenvalue weighted by Gasteiger charge is -2.34. The second kappa shape index (κ2) is 6.99. The third-order valence-electron chi connectivity index (χ3n) is 4.27. The van der Waals surface area contributed by atoms with Crippen LogP contribution in [0.2, 0.25) is 0 Å². The molecule has 1 aliphatic heterocycles. The minimum absolute atomic E-state index is 0.187. The number of piperidine rings is 1. The van der Waals surface area contributed by atoms with Crippen LogP contribution in [-0.4, -0.2) is 43.1 Å². The molecule has 136 valence electrons. The Morgan fingerprint density at radius 2 is 2.00 bits per heavy atom. The van der Waals surface area contributed by atoms with Crippen molar-refractivity contribution < 1.29 is 17.2 Å². The molecule has 6 nitrogen and oxygen atoms in total. The molecule has 25 heavy (non-hydrogen) atoms. The van der Waals surface area contributed by atoms with E-state index in [1.165, 1.54) is 24.3 Å². The molecule has 1 fully saturated rings. The van der Waals surface area contributed by atoms with Gasteiger partial charge >= 0.3 is 5.76 Å². The van der Waals surface area contributed by atoms with E-state index in [1.54, 1.807) is 4.68 Å². The predicted molar refractivity (Wildman–Crippen MR) is 91.7 cm³/mol. The number of aromatic nitrogens is 2. The first-order chi connectivity index (χ1) is 11.9. The van der Waals surface area contributed by atoms with Gasteiger partial charge in [-0.1, -0.05) is 0 Å². The number of aryl methyl sites for hydroxylation is 1. The van der Waals surface area contributed by atoms with Crippen molar-refractivity contribution in [2.75, 3.05) is 23.3 Å². The fourth-order valence-corrected chi connectivity index (χ4v) is 3.70. The molecule has 0 bridgehead atoms. The van der Waals surface area contributed by atoms with Crippen molar-refractivity contribution in [2.45, 2.75) is 29.5 Å². The number of benzene rings is 1. The van der Waals surface area contributed by atoms with Gasteiger partial charge in [-0.25, -0.2) is 8.42 Å². The van der Waals surface area contributed by atoms with Crippen LogP contribution in [0.3, 0.4) is 0 Å². The van der Waals surface area contributed by atoms with Crippen molar-refractivity contribution in [3.63, 3.8) is 0 Å². The van der Waals surface area contributed by atoms with Gasteiger partial charge in [-0.15, -0.1) is 0 Å². The molecule has 2 heterocycles. The van der Waals surface area contributed by atoms with Gasteiger partial charge in [-0.3, -0.25) is 4.68 Å². The average Bonchev–Trinajstić information content (AvgIpc) is 3.02. The summed E-state index contributed by atoms with van der Waals surface area (Å²) in [6, 6.07) is 5.67. The topological polar surface area (TPSA) is 67.2 Å². The van der Waals surface area contributed by atoms with Gasteiger partial charge in [0.1, 0.15) is 0 Å². The number of hydrogen-bond donors (Lipinski definition) is 1. The smallest absolute Gasteiger partial charge is 0.341 e. The van der Waals surface area contributed by atoms with Gasteiger partial charge in [-0.05, 0) is 37.1 Å². The maximum absolute atomic E-state index is 12.6. The molecule has 0 spiro atoms. The highest BCUT2D eigenvalue weighted by Gasteiger charge is 2.26. The number of sulfone groups is 1. The number of rotatable bonds is 5. The third-order valence-corrected chi connectivity index (χ3v) is 5.66. The number of halogens is 2. The van der Waals surface area contributed by atoms with E-state index in [0.29, 0.717) is 5.69 Å². The Morgan fingerprint density at radius 1 is 1.28 bits per heavy atom. The lowest BCUT2D eigenvalue weighted by atomic mass is 10.0. The minimum Gasteiger partial charge on any atom is -0.381 e. The molecule has 1 aliphatic rings. The van der Waals surface area contributed by atoms with E-state index < -0.39 is 15.6 Å². The van der Waals surface area contributed by atoms with Gasteiger partial charge in [0.15, 0.2) is 0 Å². The van der Waals surface area contributed by atoms with Gasteiger partial charge in [0, 0.05) is 38.1 Å². The van der Waals surface area contributed by atoms with E-state index in [2.05, 4.69) is 15.3 Å². The zero-order valence-electron chi connectivity index (χ0n) is 13.8. The fraction of sp³-hybridized carbons (Fsp3) is 0.438. The summed E-state index contributed by atoms with van der Waals surface area (Å²) in [5.41, 5.74) is 1.78. The Labute approximate surface area is 145 Å². The molecular weight excluding hydrogens is 350 g/mol. The summed E-state index contributed by atoms with van der Waals surface area (Å²) in [7, 11) is -2.67. The van der Waals surface area contributed by atoms with Crippen molar-refractivity contribution in [2.24, 2.45) is 7.05 Å². The summed E-state index contributed by atoms with van der Waals surface area (Å²) in [4.78, 5) is 1.87. The van der Waals surface area contributed by atoms with E-state index in [9.17, 15) is 17.2 Å². The van der Waals surface area contributed by atoms with E-state index in [-0.39, 0.29) is 10.9 Å². The maximum atomic E-state index is 12.6. The SMILES string of the molecule is Cn1cc(N2CCCC(Nc3ccc(S(=O)(=O)C(F)F)cc3)C2)cn1. The highest BCUT2D eigenvalue weighted by atomic mass is 32.2. The van der Waals surface area contributed by atoms with E-state index in [1.807, 2.05) is 19.4 Å². The summed E-state index contributed by atoms with van der Waals surface area (Å²) in [6.07, 6.45) is 5.79. The Balaban J connectivity index is 1.66. The third kappa shape index (κ3) is 3.92. The molecule has 0 aliphatic carbocycles. The molecule has 0 saturated carbocycles. The first-order valence-corrected chi connectivity index (χ1v) is 9.53. The van der Waals surface area contributed by atoms with Crippen LogP contribution in [0.25, 0.3) is 0 Å². The second-order valence-electron chi connectivity index (χ2n) is 6.13. The molecule has 9 heteroatoms. The Bertz CT molecular complexity index is 821. The molecule has 1 unspecified atom stereocenters. The van der Waals surface area contributed by atoms with Crippen molar-refractivity contribution in [1.82, 2.24) is 9.78 Å². The number of nitrogens with zero attached hydrogens (tertiary/aromatic N) is 3. The highest BCUT2D eigenvalue weighted by molar-refractivity contribution is 7.91. The molecule has 1 saturated heterocycles. The molecule has 0 amide bonds. The summed E-state index contributed by atoms with van der Waals surface area (Å²) >= 11 is 0. The Morgan fingerprint density at radius 3 is 2.60 bits per heavy atom. The summed E-state index contributed by atoms with van der Waals surface area (Å²) < 4.78 is 49.8. The number of alkyl halides is 2. The maximum Gasteiger partial charge on any atom is 0.341 e. The van der Waals surface area contributed by atoms with Gasteiger partial charge in [0.2, 0.25) is 9.84 Å². The van der Waals surface area contributed by atoms with Crippen molar-refractivity contribution >= 4 is 21.2 Å². The summed E-state index contributed by atoms with van der Waals surface area (Å²) in [5, 5.41) is 7.53. The quantitative estimate of drug-likeness (QED) is 0.876. The van der Waals surface area contributed by atoms with Gasteiger partial charge in [0.05, 0.1) is 16.8 Å². The standard InChI is InChI=1S/C16H20F2N4O2S/c1-21-11-14(9-19-21)22-8-2-3-13(10-22)20-12-4-6-15(7-5-12)25(23,24)16(17)18/h4-7,9,11,13,16,20H,2-3,8,10H2,1H3. The van der Waals surface area contributed by atoms with Crippen molar-refractivity contribution in [1.29, 1.82) is 0 Å². The van der Waals surface area contributed by atoms with Crippen molar-refractivity contribution in [3.05, 3.63) is 36.7 Å². The predicted octanol–water partition coefficient (Wildman–Crippen LogP) is 2.50. The lowest BCUT2D eigenvalue weighted by molar-refractivity contribution is 0.234. The summed E-state index contributed by atoms with van der Waals surface area (Å²) in [6.45, 7) is 1.75. The molecule has 0 radical (unpaired) electrons. The first kappa shape index (κ1) is 17.7. The number of anilines is 2. The van der Waals surface area contributed by atoms with Crippen LogP contribution in [0.1, 0.15) is 12.8 Å². The molecule has 1 aromatic carbocycles. The molecule has 3 rings (SSSR count). The van der Waals surface area contributed by atoms with Crippen LogP contribution in [0.15, 0.2) is 41.6 Å². The van der Waals surface area contributed by atoms with Crippen LogP contribution in [-0.2, 0) is 16.9 Å². The number of nitrogens with one attached hydrogen (secondary N) is 1. The molecule has 1 atom stereocenters. The van der Waals surface area contributed by atoms with E-state index in [0.717, 1.165) is 31.6 Å². The Kier molecular flexibility index (Phi) is 4.94. The summed E-state index contributed by atoms with van der Waals surface area (Å²) in [5.74, 6) is -3.40. The molecule has 1 aromatic heterocycles. The van der Waals surface area contributed by atoms with Crippen LogP contribution in [0, 0.1) is 0 Å². The molecular formula is C16H20F2N4O2S. The van der Waals surface area contributed by atoms with Crippen molar-refractivity contribution in [3.8, 4) is 0 Å². The Hall–Kier alpha value is -2.16. The highest BCUT2D eigenvalue weighted by Crippen LogP contribution is 2.23. The van der Waals surface area contributed by atoms with Crippen LogP contribution >= 0.6 is 0 Å². The van der Waals surface area contributed by atoms with Gasteiger partial charge in [-0.2, -0.15) is 13.9 Å². The van der Waals surface area contributed by atoms with Gasteiger partial charge < -0.3 is 10.2 Å². The second-order valence-corrected chi connectivity index (χ2v) is 8.05. The lowest BCUT2D eigenvalue weighted by Crippen LogP contribution is -2.42. The zero-order valence-corrected chi connectivity index (χ0v) is 14.6. The van der Waals surface area contributed by atoms with Crippen LogP contribution in [0.5, 0.6) is 0 Å². The van der Waals surface area contributed by atoms with Gasteiger partial charge in [0.25, 0.3) is 0 Å². The number of hydrogen-bond acceptors (Lipinski definition) is 5. The van der Waals surface area contributed by atoms with E-state index >= 15 is 0 Å². The minimum atomic E-state index is -4.55. The monoisotopic (exact) mass is 370 g/mol. The molecule has 2 aromatic rings. The fourth-order valence-electron chi connectivity index (χ4n) is 2.98. The van der Waals surface area contributed by atoms with E-state index in [4.69, 9.17) is 0 Å². The zero-order chi connectivity index (χ0) is 18.0. The normalized spacial score (nSPS) is 18.6. The van der Waals surface area contributed by atoms with Crippen LogP contribution in [0.4, 0.5) is 20.2 Å². The average molecular weight is 370 g/mol. The first-order valence-electron chi connectivity index (χ1n) is 7.98. The van der Waals surface area contributed by atoms with Crippen LogP contribution < -0.4 is 10.2 Å². The largest absolute Gasteiger partial charge is 0.381 e. The molecule has 1 N–H and O–H groups in total.